The van der Waals surface area contributed by atoms with Gasteiger partial charge in [-0.3, -0.25) is 19.9 Å². The number of nitrogens with zero attached hydrogens (tertiary/aromatic N) is 1. The van der Waals surface area contributed by atoms with E-state index in [1.807, 2.05) is 0 Å². The lowest BCUT2D eigenvalue weighted by atomic mass is 10.1. The van der Waals surface area contributed by atoms with Crippen LogP contribution in [0.4, 0.5) is 18.9 Å². The number of halogens is 3. The van der Waals surface area contributed by atoms with Crippen LogP contribution in [0.5, 0.6) is 0 Å². The van der Waals surface area contributed by atoms with Crippen LogP contribution in [0.1, 0.15) is 16.8 Å². The van der Waals surface area contributed by atoms with Crippen LogP contribution in [0.15, 0.2) is 33.9 Å². The van der Waals surface area contributed by atoms with E-state index in [0.29, 0.717) is 5.56 Å². The number of hydrogen-bond acceptors (Lipinski definition) is 4. The zero-order chi connectivity index (χ0) is 17.2. The standard InChI is InChI=1S/C13H8F3N3O4/c14-13(15,16)8-4-1-7(2-5-8)3-6-9-10(19(22)23)11(20)18-12(21)17-9/h1-6H,(H2,17,18,20,21)/b6-3+. The minimum Gasteiger partial charge on any atom is -0.301 e. The Morgan fingerprint density at radius 1 is 1.04 bits per heavy atom. The van der Waals surface area contributed by atoms with Gasteiger partial charge in [-0.1, -0.05) is 18.2 Å². The number of H-pyrrole nitrogens is 2. The average Bonchev–Trinajstić information content (AvgIpc) is 2.43. The number of aromatic nitrogens is 2. The second-order valence-corrected chi connectivity index (χ2v) is 4.38. The molecule has 10 heteroatoms. The quantitative estimate of drug-likeness (QED) is 0.665. The monoisotopic (exact) mass is 327 g/mol. The molecule has 0 atom stereocenters. The molecule has 23 heavy (non-hydrogen) atoms. The highest BCUT2D eigenvalue weighted by atomic mass is 19.4. The maximum atomic E-state index is 12.4. The third-order valence-electron chi connectivity index (χ3n) is 2.81. The van der Waals surface area contributed by atoms with Gasteiger partial charge in [0, 0.05) is 0 Å². The molecule has 1 aromatic heterocycles. The van der Waals surface area contributed by atoms with Gasteiger partial charge in [-0.15, -0.1) is 0 Å². The Hall–Kier alpha value is -3.17. The van der Waals surface area contributed by atoms with Gasteiger partial charge >= 0.3 is 23.1 Å². The number of alkyl halides is 3. The molecule has 0 unspecified atom stereocenters. The molecule has 2 aromatic rings. The van der Waals surface area contributed by atoms with Crippen LogP contribution in [0.2, 0.25) is 0 Å². The van der Waals surface area contributed by atoms with E-state index in [0.717, 1.165) is 30.3 Å². The molecular formula is C13H8F3N3O4. The van der Waals surface area contributed by atoms with Crippen LogP contribution in [-0.4, -0.2) is 14.9 Å². The van der Waals surface area contributed by atoms with Crippen molar-refractivity contribution in [3.63, 3.8) is 0 Å². The maximum absolute atomic E-state index is 12.4. The second-order valence-electron chi connectivity index (χ2n) is 4.38. The lowest BCUT2D eigenvalue weighted by molar-refractivity contribution is -0.386. The van der Waals surface area contributed by atoms with Crippen molar-refractivity contribution >= 4 is 17.8 Å². The highest BCUT2D eigenvalue weighted by Gasteiger charge is 2.29. The summed E-state index contributed by atoms with van der Waals surface area (Å²) in [6, 6.07) is 3.98. The third-order valence-corrected chi connectivity index (χ3v) is 2.81. The molecule has 0 saturated heterocycles. The van der Waals surface area contributed by atoms with E-state index in [1.165, 1.54) is 6.08 Å². The molecule has 0 bridgehead atoms. The van der Waals surface area contributed by atoms with Crippen LogP contribution in [0, 0.1) is 10.1 Å². The SMILES string of the molecule is O=c1[nH]c(/C=C/c2ccc(C(F)(F)F)cc2)c([N+](=O)[O-])c(=O)[nH]1. The normalized spacial score (nSPS) is 11.8. The fraction of sp³-hybridized carbons (Fsp3) is 0.0769. The van der Waals surface area contributed by atoms with Crippen molar-refractivity contribution in [2.75, 3.05) is 0 Å². The lowest BCUT2D eigenvalue weighted by Gasteiger charge is -2.05. The summed E-state index contributed by atoms with van der Waals surface area (Å²) < 4.78 is 37.3. The van der Waals surface area contributed by atoms with Crippen molar-refractivity contribution in [2.24, 2.45) is 0 Å². The molecular weight excluding hydrogens is 319 g/mol. The molecule has 1 heterocycles. The number of aromatic amines is 2. The topological polar surface area (TPSA) is 109 Å². The first-order valence-corrected chi connectivity index (χ1v) is 6.05. The van der Waals surface area contributed by atoms with Crippen LogP contribution in [0.3, 0.4) is 0 Å². The van der Waals surface area contributed by atoms with Gasteiger partial charge in [-0.2, -0.15) is 13.2 Å². The van der Waals surface area contributed by atoms with Gasteiger partial charge in [0.05, 0.1) is 10.5 Å². The van der Waals surface area contributed by atoms with Crippen molar-refractivity contribution in [1.29, 1.82) is 0 Å². The Balaban J connectivity index is 2.39. The first kappa shape index (κ1) is 16.2. The predicted molar refractivity (Wildman–Crippen MR) is 74.7 cm³/mol. The van der Waals surface area contributed by atoms with Crippen LogP contribution in [-0.2, 0) is 6.18 Å². The summed E-state index contributed by atoms with van der Waals surface area (Å²) in [5.74, 6) is 0. The van der Waals surface area contributed by atoms with E-state index in [9.17, 15) is 32.9 Å². The Kier molecular flexibility index (Phi) is 4.16. The Labute approximate surface area is 125 Å². The average molecular weight is 327 g/mol. The van der Waals surface area contributed by atoms with Crippen LogP contribution in [0.25, 0.3) is 12.2 Å². The molecule has 0 radical (unpaired) electrons. The fourth-order valence-corrected chi connectivity index (χ4v) is 1.76. The summed E-state index contributed by atoms with van der Waals surface area (Å²) >= 11 is 0. The van der Waals surface area contributed by atoms with Gasteiger partial charge in [-0.05, 0) is 23.8 Å². The van der Waals surface area contributed by atoms with E-state index in [-0.39, 0.29) is 5.69 Å². The first-order chi connectivity index (χ1) is 10.7. The second kappa shape index (κ2) is 5.91. The van der Waals surface area contributed by atoms with Gasteiger partial charge in [0.15, 0.2) is 0 Å². The van der Waals surface area contributed by atoms with E-state index in [4.69, 9.17) is 0 Å². The molecule has 0 aliphatic rings. The number of nitrogens with one attached hydrogen (secondary N) is 2. The van der Waals surface area contributed by atoms with Gasteiger partial charge < -0.3 is 4.98 Å². The van der Waals surface area contributed by atoms with Gasteiger partial charge in [-0.25, -0.2) is 4.79 Å². The minimum atomic E-state index is -4.47. The van der Waals surface area contributed by atoms with Gasteiger partial charge in [0.1, 0.15) is 5.69 Å². The molecule has 1 aromatic carbocycles. The molecule has 0 saturated carbocycles. The highest BCUT2D eigenvalue weighted by Crippen LogP contribution is 2.29. The smallest absolute Gasteiger partial charge is 0.301 e. The third kappa shape index (κ3) is 3.73. The molecule has 0 aliphatic carbocycles. The van der Waals surface area contributed by atoms with Crippen molar-refractivity contribution in [1.82, 2.24) is 9.97 Å². The lowest BCUT2D eigenvalue weighted by Crippen LogP contribution is -2.25. The zero-order valence-electron chi connectivity index (χ0n) is 11.2. The molecule has 0 fully saturated rings. The minimum absolute atomic E-state index is 0.299. The van der Waals surface area contributed by atoms with Crippen LogP contribution >= 0.6 is 0 Å². The first-order valence-electron chi connectivity index (χ1n) is 6.05. The summed E-state index contributed by atoms with van der Waals surface area (Å²) in [5, 5.41) is 10.8. The van der Waals surface area contributed by atoms with Gasteiger partial charge in [0.25, 0.3) is 0 Å². The Morgan fingerprint density at radius 3 is 2.17 bits per heavy atom. The zero-order valence-corrected chi connectivity index (χ0v) is 11.2. The van der Waals surface area contributed by atoms with E-state index in [2.05, 4.69) is 4.98 Å². The summed E-state index contributed by atoms with van der Waals surface area (Å²) in [6.45, 7) is 0. The largest absolute Gasteiger partial charge is 0.416 e. The number of rotatable bonds is 3. The maximum Gasteiger partial charge on any atom is 0.416 e. The number of hydrogen-bond donors (Lipinski definition) is 2. The molecule has 7 nitrogen and oxygen atoms in total. The van der Waals surface area contributed by atoms with E-state index >= 15 is 0 Å². The molecule has 0 spiro atoms. The van der Waals surface area contributed by atoms with Crippen molar-refractivity contribution in [3.8, 4) is 0 Å². The van der Waals surface area contributed by atoms with E-state index < -0.39 is 33.6 Å². The van der Waals surface area contributed by atoms with Gasteiger partial charge in [0.2, 0.25) is 0 Å². The molecule has 0 aliphatic heterocycles. The molecule has 2 N–H and O–H groups in total. The van der Waals surface area contributed by atoms with Crippen molar-refractivity contribution in [2.45, 2.75) is 6.18 Å². The summed E-state index contributed by atoms with van der Waals surface area (Å²) in [4.78, 5) is 36.2. The number of benzene rings is 1. The van der Waals surface area contributed by atoms with E-state index in [1.54, 1.807) is 4.98 Å². The van der Waals surface area contributed by atoms with Crippen molar-refractivity contribution in [3.05, 3.63) is 72.0 Å². The fourth-order valence-electron chi connectivity index (χ4n) is 1.76. The van der Waals surface area contributed by atoms with Crippen molar-refractivity contribution < 1.29 is 18.1 Å². The molecule has 120 valence electrons. The Bertz CT molecular complexity index is 879. The molecule has 0 amide bonds. The summed E-state index contributed by atoms with van der Waals surface area (Å²) in [6.07, 6.45) is -2.17. The Morgan fingerprint density at radius 2 is 1.65 bits per heavy atom. The molecule has 2 rings (SSSR count). The summed E-state index contributed by atoms with van der Waals surface area (Å²) in [7, 11) is 0. The summed E-state index contributed by atoms with van der Waals surface area (Å²) in [5.41, 5.74) is -3.88. The highest BCUT2D eigenvalue weighted by molar-refractivity contribution is 5.71. The van der Waals surface area contributed by atoms with Crippen LogP contribution < -0.4 is 11.2 Å². The number of nitro groups is 1. The predicted octanol–water partition coefficient (Wildman–Crippen LogP) is 2.16.